The summed E-state index contributed by atoms with van der Waals surface area (Å²) in [5.41, 5.74) is 0.323. The molecule has 28 heavy (non-hydrogen) atoms. The van der Waals surface area contributed by atoms with E-state index in [0.717, 1.165) is 0 Å². The first kappa shape index (κ1) is 18.8. The minimum absolute atomic E-state index is 0.332. The first-order valence-corrected chi connectivity index (χ1v) is 8.72. The Labute approximate surface area is 159 Å². The number of likely N-dealkylation sites (tertiary alicyclic amines) is 1. The minimum Gasteiger partial charge on any atom is -0.443 e. The Morgan fingerprint density at radius 2 is 1.75 bits per heavy atom. The summed E-state index contributed by atoms with van der Waals surface area (Å²) in [5, 5.41) is 11.9. The zero-order chi connectivity index (χ0) is 20.2. The Kier molecular flexibility index (Phi) is 4.17. The van der Waals surface area contributed by atoms with Crippen molar-refractivity contribution in [2.45, 2.75) is 18.9 Å². The molecule has 0 amide bonds. The van der Waals surface area contributed by atoms with Crippen molar-refractivity contribution in [1.29, 1.82) is 0 Å². The van der Waals surface area contributed by atoms with Gasteiger partial charge in [0.05, 0.1) is 0 Å². The van der Waals surface area contributed by atoms with E-state index in [2.05, 4.69) is 14.6 Å². The van der Waals surface area contributed by atoms with E-state index in [-0.39, 0.29) is 5.75 Å². The highest BCUT2D eigenvalue weighted by molar-refractivity contribution is 5.73. The zero-order valence-corrected chi connectivity index (χ0v) is 15.3. The van der Waals surface area contributed by atoms with Gasteiger partial charge in [-0.2, -0.15) is 0 Å². The number of benzene rings is 2. The predicted molar refractivity (Wildman–Crippen MR) is 95.7 cm³/mol. The van der Waals surface area contributed by atoms with Gasteiger partial charge in [-0.25, -0.2) is 4.98 Å². The topological polar surface area (TPSA) is 58.7 Å². The number of ether oxygens (including phenoxy) is 1. The maximum absolute atomic E-state index is 12.5. The number of hydrogen-bond acceptors (Lipinski definition) is 5. The maximum Gasteiger partial charge on any atom is 0.573 e. The molecule has 1 aromatic heterocycles. The number of aromatic nitrogens is 1. The number of alkyl halides is 3. The highest BCUT2D eigenvalue weighted by Crippen LogP contribution is 2.50. The first-order valence-electron chi connectivity index (χ1n) is 8.72. The zero-order valence-electron chi connectivity index (χ0n) is 15.3. The number of fused-ring (bicyclic) bond motifs is 1. The van der Waals surface area contributed by atoms with Crippen molar-refractivity contribution in [3.05, 3.63) is 60.0 Å². The Morgan fingerprint density at radius 1 is 1.11 bits per heavy atom. The van der Waals surface area contributed by atoms with Gasteiger partial charge in [0.1, 0.15) is 16.9 Å². The lowest BCUT2D eigenvalue weighted by Gasteiger charge is -2.56. The van der Waals surface area contributed by atoms with Crippen LogP contribution in [0.3, 0.4) is 0 Å². The SMILES string of the molecule is CN1CC(C)([C@](O)(c2ccc(OC(F)(F)F)cc2)c2ccc3ocnc3c2)C1. The van der Waals surface area contributed by atoms with Gasteiger partial charge in [-0.05, 0) is 42.4 Å². The van der Waals surface area contributed by atoms with Crippen LogP contribution in [0.25, 0.3) is 11.1 Å². The molecule has 2 aromatic carbocycles. The van der Waals surface area contributed by atoms with Gasteiger partial charge in [0.2, 0.25) is 0 Å². The van der Waals surface area contributed by atoms with E-state index in [1.54, 1.807) is 18.2 Å². The molecule has 0 saturated carbocycles. The lowest BCUT2D eigenvalue weighted by molar-refractivity contribution is -0.274. The van der Waals surface area contributed by atoms with E-state index in [1.165, 1.54) is 30.7 Å². The summed E-state index contributed by atoms with van der Waals surface area (Å²) < 4.78 is 46.6. The third-order valence-electron chi connectivity index (χ3n) is 5.37. The van der Waals surface area contributed by atoms with E-state index < -0.39 is 17.4 Å². The van der Waals surface area contributed by atoms with Gasteiger partial charge in [-0.15, -0.1) is 13.2 Å². The molecule has 3 aromatic rings. The summed E-state index contributed by atoms with van der Waals surface area (Å²) in [6.07, 6.45) is -3.44. The van der Waals surface area contributed by atoms with Crippen LogP contribution in [0.15, 0.2) is 53.3 Å². The highest BCUT2D eigenvalue weighted by Gasteiger charge is 2.55. The van der Waals surface area contributed by atoms with Crippen molar-refractivity contribution < 1.29 is 27.4 Å². The van der Waals surface area contributed by atoms with Crippen LogP contribution in [0.2, 0.25) is 0 Å². The minimum atomic E-state index is -4.77. The van der Waals surface area contributed by atoms with Crippen molar-refractivity contribution in [3.8, 4) is 5.75 Å². The van der Waals surface area contributed by atoms with Gasteiger partial charge >= 0.3 is 6.36 Å². The molecule has 1 N–H and O–H groups in total. The van der Waals surface area contributed by atoms with Gasteiger partial charge in [-0.3, -0.25) is 0 Å². The van der Waals surface area contributed by atoms with Crippen molar-refractivity contribution in [3.63, 3.8) is 0 Å². The maximum atomic E-state index is 12.5. The number of hydrogen-bond donors (Lipinski definition) is 1. The van der Waals surface area contributed by atoms with Gasteiger partial charge in [0, 0.05) is 18.5 Å². The molecular formula is C20H19F3N2O3. The van der Waals surface area contributed by atoms with Crippen LogP contribution < -0.4 is 4.74 Å². The van der Waals surface area contributed by atoms with Crippen molar-refractivity contribution in [2.75, 3.05) is 20.1 Å². The molecule has 1 saturated heterocycles. The summed E-state index contributed by atoms with van der Waals surface area (Å²) in [5.74, 6) is -0.332. The van der Waals surface area contributed by atoms with Crippen LogP contribution >= 0.6 is 0 Å². The predicted octanol–water partition coefficient (Wildman–Crippen LogP) is 3.91. The van der Waals surface area contributed by atoms with Crippen LogP contribution in [0.5, 0.6) is 5.75 Å². The molecule has 4 rings (SSSR count). The monoisotopic (exact) mass is 392 g/mol. The second-order valence-electron chi connectivity index (χ2n) is 7.55. The summed E-state index contributed by atoms with van der Waals surface area (Å²) in [6, 6.07) is 10.6. The second kappa shape index (κ2) is 6.22. The summed E-state index contributed by atoms with van der Waals surface area (Å²) in [6.45, 7) is 3.21. The summed E-state index contributed by atoms with van der Waals surface area (Å²) >= 11 is 0. The average Bonchev–Trinajstić information content (AvgIpc) is 3.06. The quantitative estimate of drug-likeness (QED) is 0.730. The van der Waals surface area contributed by atoms with E-state index in [4.69, 9.17) is 4.42 Å². The molecule has 0 spiro atoms. The third-order valence-corrected chi connectivity index (χ3v) is 5.37. The van der Waals surface area contributed by atoms with Gasteiger partial charge in [0.25, 0.3) is 0 Å². The third kappa shape index (κ3) is 3.02. The first-order chi connectivity index (χ1) is 13.1. The normalized spacial score (nSPS) is 19.2. The average molecular weight is 392 g/mol. The fourth-order valence-electron chi connectivity index (χ4n) is 4.22. The standard InChI is InChI=1S/C20H19F3N2O3/c1-18(10-25(2)11-18)19(26,14-5-8-17-16(9-14)24-12-27-17)13-3-6-15(7-4-13)28-20(21,22)23/h3-9,12,26H,10-11H2,1-2H3/t19-/m0/s1. The Bertz CT molecular complexity index is 994. The van der Waals surface area contributed by atoms with Crippen LogP contribution in [0, 0.1) is 5.41 Å². The number of nitrogens with zero attached hydrogens (tertiary/aromatic N) is 2. The molecule has 8 heteroatoms. The number of oxazole rings is 1. The summed E-state index contributed by atoms with van der Waals surface area (Å²) in [4.78, 5) is 6.22. The van der Waals surface area contributed by atoms with Crippen molar-refractivity contribution >= 4 is 11.1 Å². The van der Waals surface area contributed by atoms with Crippen molar-refractivity contribution in [2.24, 2.45) is 5.41 Å². The molecule has 1 aliphatic heterocycles. The second-order valence-corrected chi connectivity index (χ2v) is 7.55. The van der Waals surface area contributed by atoms with Crippen LogP contribution in [0.4, 0.5) is 13.2 Å². The fraction of sp³-hybridized carbons (Fsp3) is 0.350. The molecule has 0 radical (unpaired) electrons. The van der Waals surface area contributed by atoms with E-state index in [0.29, 0.717) is 35.3 Å². The molecule has 5 nitrogen and oxygen atoms in total. The lowest BCUT2D eigenvalue weighted by Crippen LogP contribution is -2.63. The molecule has 0 unspecified atom stereocenters. The molecule has 2 heterocycles. The van der Waals surface area contributed by atoms with Gasteiger partial charge in [-0.1, -0.05) is 25.1 Å². The largest absolute Gasteiger partial charge is 0.573 e. The molecule has 0 bridgehead atoms. The molecule has 1 fully saturated rings. The van der Waals surface area contributed by atoms with E-state index in [9.17, 15) is 18.3 Å². The van der Waals surface area contributed by atoms with E-state index >= 15 is 0 Å². The van der Waals surface area contributed by atoms with E-state index in [1.807, 2.05) is 14.0 Å². The number of rotatable bonds is 4. The fourth-order valence-corrected chi connectivity index (χ4v) is 4.22. The van der Waals surface area contributed by atoms with Crippen LogP contribution in [-0.4, -0.2) is 41.5 Å². The molecular weight excluding hydrogens is 373 g/mol. The van der Waals surface area contributed by atoms with Crippen LogP contribution in [0.1, 0.15) is 18.1 Å². The van der Waals surface area contributed by atoms with Gasteiger partial charge < -0.3 is 19.2 Å². The smallest absolute Gasteiger partial charge is 0.443 e. The van der Waals surface area contributed by atoms with Crippen LogP contribution in [-0.2, 0) is 5.60 Å². The Morgan fingerprint density at radius 3 is 2.36 bits per heavy atom. The lowest BCUT2D eigenvalue weighted by atomic mass is 9.62. The molecule has 1 aliphatic rings. The molecule has 148 valence electrons. The molecule has 0 aliphatic carbocycles. The number of halogens is 3. The number of aliphatic hydroxyl groups is 1. The van der Waals surface area contributed by atoms with Crippen molar-refractivity contribution in [1.82, 2.24) is 9.88 Å². The highest BCUT2D eigenvalue weighted by atomic mass is 19.4. The molecule has 1 atom stereocenters. The Hall–Kier alpha value is -2.58. The van der Waals surface area contributed by atoms with Gasteiger partial charge in [0.15, 0.2) is 12.0 Å². The Balaban J connectivity index is 1.79. The summed E-state index contributed by atoms with van der Waals surface area (Å²) in [7, 11) is 1.95.